The number of halogens is 1. The Hall–Kier alpha value is -1.48. The second-order valence-corrected chi connectivity index (χ2v) is 7.94. The van der Waals surface area contributed by atoms with E-state index in [-0.39, 0.29) is 0 Å². The molecule has 0 bridgehead atoms. The molecule has 0 fully saturated rings. The first-order valence-corrected chi connectivity index (χ1v) is 8.84. The molecule has 0 saturated heterocycles. The molecule has 7 nitrogen and oxygen atoms in total. The number of fused-ring (bicyclic) bond motifs is 2. The van der Waals surface area contributed by atoms with Crippen LogP contribution >= 0.6 is 27.7 Å². The Morgan fingerprint density at radius 2 is 2.17 bits per heavy atom. The molecule has 0 spiro atoms. The highest BCUT2D eigenvalue weighted by atomic mass is 79.9. The smallest absolute Gasteiger partial charge is 0.416 e. The van der Waals surface area contributed by atoms with E-state index in [1.54, 1.807) is 34.5 Å². The summed E-state index contributed by atoms with van der Waals surface area (Å²) in [6.07, 6.45) is 1.24. The van der Waals surface area contributed by atoms with E-state index in [9.17, 15) is 4.79 Å². The van der Waals surface area contributed by atoms with E-state index in [1.807, 2.05) is 20.8 Å². The molecule has 23 heavy (non-hydrogen) atoms. The standard InChI is InChI=1S/C14H17BrN4O3S/c1-14(2,3)22-13(20)18-5-6-23-9-11(18)17-10-8(15)7-16-19(10)12(9)21-4/h7H,5-6H2,1-4H3. The van der Waals surface area contributed by atoms with Gasteiger partial charge in [-0.3, -0.25) is 4.90 Å². The van der Waals surface area contributed by atoms with Crippen LogP contribution in [0.4, 0.5) is 10.6 Å². The number of hydrogen-bond acceptors (Lipinski definition) is 6. The quantitative estimate of drug-likeness (QED) is 0.730. The van der Waals surface area contributed by atoms with E-state index in [4.69, 9.17) is 9.47 Å². The average molecular weight is 401 g/mol. The van der Waals surface area contributed by atoms with Crippen molar-refractivity contribution in [3.05, 3.63) is 10.7 Å². The number of hydrogen-bond donors (Lipinski definition) is 0. The highest BCUT2D eigenvalue weighted by Gasteiger charge is 2.32. The molecule has 0 aliphatic carbocycles. The van der Waals surface area contributed by atoms with Crippen molar-refractivity contribution in [3.8, 4) is 5.88 Å². The van der Waals surface area contributed by atoms with E-state index >= 15 is 0 Å². The molecule has 0 atom stereocenters. The zero-order chi connectivity index (χ0) is 16.8. The van der Waals surface area contributed by atoms with E-state index < -0.39 is 11.7 Å². The van der Waals surface area contributed by atoms with Gasteiger partial charge < -0.3 is 9.47 Å². The third-order valence-electron chi connectivity index (χ3n) is 3.13. The third kappa shape index (κ3) is 2.99. The second-order valence-electron chi connectivity index (χ2n) is 5.98. The van der Waals surface area contributed by atoms with Crippen LogP contribution in [0.1, 0.15) is 20.8 Å². The van der Waals surface area contributed by atoms with Crippen molar-refractivity contribution < 1.29 is 14.3 Å². The maximum Gasteiger partial charge on any atom is 0.416 e. The number of carbonyl (C=O) groups excluding carboxylic acids is 1. The van der Waals surface area contributed by atoms with Crippen molar-refractivity contribution in [2.75, 3.05) is 24.3 Å². The van der Waals surface area contributed by atoms with Crippen molar-refractivity contribution >= 4 is 45.3 Å². The van der Waals surface area contributed by atoms with Crippen molar-refractivity contribution in [2.45, 2.75) is 31.3 Å². The lowest BCUT2D eigenvalue weighted by Crippen LogP contribution is -2.40. The SMILES string of the molecule is COc1c2c(nc3c(Br)cnn13)N(C(=O)OC(C)(C)C)CCS2. The van der Waals surface area contributed by atoms with Gasteiger partial charge in [0, 0.05) is 12.3 Å². The van der Waals surface area contributed by atoms with Crippen LogP contribution in [0.3, 0.4) is 0 Å². The Morgan fingerprint density at radius 3 is 2.83 bits per heavy atom. The molecule has 0 unspecified atom stereocenters. The number of aromatic nitrogens is 3. The van der Waals surface area contributed by atoms with Crippen LogP contribution in [0.15, 0.2) is 15.6 Å². The van der Waals surface area contributed by atoms with Crippen molar-refractivity contribution in [1.29, 1.82) is 0 Å². The van der Waals surface area contributed by atoms with Gasteiger partial charge in [-0.2, -0.15) is 9.61 Å². The highest BCUT2D eigenvalue weighted by molar-refractivity contribution is 9.10. The van der Waals surface area contributed by atoms with Crippen LogP contribution in [-0.4, -0.2) is 45.7 Å². The number of methoxy groups -OCH3 is 1. The molecule has 0 aromatic carbocycles. The summed E-state index contributed by atoms with van der Waals surface area (Å²) in [4.78, 5) is 19.4. The molecule has 2 aromatic heterocycles. The van der Waals surface area contributed by atoms with E-state index in [0.717, 1.165) is 15.1 Å². The first kappa shape index (κ1) is 16.4. The summed E-state index contributed by atoms with van der Waals surface area (Å²) in [5.74, 6) is 1.84. The predicted molar refractivity (Wildman–Crippen MR) is 91.5 cm³/mol. The first-order valence-electron chi connectivity index (χ1n) is 7.06. The van der Waals surface area contributed by atoms with Gasteiger partial charge in [0.1, 0.15) is 10.5 Å². The summed E-state index contributed by atoms with van der Waals surface area (Å²) in [7, 11) is 1.58. The number of carbonyl (C=O) groups is 1. The summed E-state index contributed by atoms with van der Waals surface area (Å²) < 4.78 is 13.4. The van der Waals surface area contributed by atoms with Gasteiger partial charge in [-0.05, 0) is 36.7 Å². The lowest BCUT2D eigenvalue weighted by Gasteiger charge is -2.30. The molecule has 0 N–H and O–H groups in total. The maximum atomic E-state index is 12.5. The minimum absolute atomic E-state index is 0.409. The fourth-order valence-electron chi connectivity index (χ4n) is 2.24. The summed E-state index contributed by atoms with van der Waals surface area (Å²) in [6.45, 7) is 6.06. The number of thioether (sulfide) groups is 1. The van der Waals surface area contributed by atoms with Crippen molar-refractivity contribution in [1.82, 2.24) is 14.6 Å². The largest absolute Gasteiger partial charge is 0.480 e. The zero-order valence-corrected chi connectivity index (χ0v) is 15.7. The molecule has 124 valence electrons. The molecule has 2 aromatic rings. The van der Waals surface area contributed by atoms with Crippen LogP contribution in [0.2, 0.25) is 0 Å². The fraction of sp³-hybridized carbons (Fsp3) is 0.500. The van der Waals surface area contributed by atoms with E-state index in [0.29, 0.717) is 23.9 Å². The lowest BCUT2D eigenvalue weighted by atomic mass is 10.2. The van der Waals surface area contributed by atoms with Crippen LogP contribution in [0.5, 0.6) is 5.88 Å². The van der Waals surface area contributed by atoms with Gasteiger partial charge in [-0.1, -0.05) is 0 Å². The summed E-state index contributed by atoms with van der Waals surface area (Å²) in [6, 6.07) is 0. The minimum atomic E-state index is -0.562. The van der Waals surface area contributed by atoms with Crippen LogP contribution < -0.4 is 9.64 Å². The Kier molecular flexibility index (Phi) is 4.18. The molecule has 9 heteroatoms. The van der Waals surface area contributed by atoms with Crippen molar-refractivity contribution in [3.63, 3.8) is 0 Å². The first-order chi connectivity index (χ1) is 10.8. The number of ether oxygens (including phenoxy) is 2. The highest BCUT2D eigenvalue weighted by Crippen LogP contribution is 2.41. The molecular formula is C14H17BrN4O3S. The third-order valence-corrected chi connectivity index (χ3v) is 4.72. The summed E-state index contributed by atoms with van der Waals surface area (Å²) >= 11 is 5.01. The van der Waals surface area contributed by atoms with E-state index in [2.05, 4.69) is 26.0 Å². The number of anilines is 1. The molecule has 3 heterocycles. The lowest BCUT2D eigenvalue weighted by molar-refractivity contribution is 0.0580. The molecule has 0 saturated carbocycles. The summed E-state index contributed by atoms with van der Waals surface area (Å²) in [5, 5.41) is 4.26. The molecule has 1 amide bonds. The molecule has 3 rings (SSSR count). The van der Waals surface area contributed by atoms with Gasteiger partial charge >= 0.3 is 6.09 Å². The van der Waals surface area contributed by atoms with Gasteiger partial charge in [-0.15, -0.1) is 11.8 Å². The Morgan fingerprint density at radius 1 is 1.43 bits per heavy atom. The monoisotopic (exact) mass is 400 g/mol. The molecule has 0 radical (unpaired) electrons. The van der Waals surface area contributed by atoms with Crippen molar-refractivity contribution in [2.24, 2.45) is 0 Å². The van der Waals surface area contributed by atoms with Gasteiger partial charge in [-0.25, -0.2) is 9.78 Å². The Balaban J connectivity index is 2.12. The van der Waals surface area contributed by atoms with Gasteiger partial charge in [0.15, 0.2) is 11.5 Å². The number of rotatable bonds is 1. The Bertz CT molecular complexity index is 771. The second kappa shape index (κ2) is 5.86. The number of nitrogens with zero attached hydrogens (tertiary/aromatic N) is 4. The van der Waals surface area contributed by atoms with Gasteiger partial charge in [0.2, 0.25) is 5.88 Å². The normalized spacial score (nSPS) is 14.7. The molecular weight excluding hydrogens is 384 g/mol. The van der Waals surface area contributed by atoms with Crippen LogP contribution in [0, 0.1) is 0 Å². The maximum absolute atomic E-state index is 12.5. The molecule has 1 aliphatic rings. The topological polar surface area (TPSA) is 69.0 Å². The average Bonchev–Trinajstić information content (AvgIpc) is 2.84. The van der Waals surface area contributed by atoms with Gasteiger partial charge in [0.25, 0.3) is 0 Å². The fourth-order valence-corrected chi connectivity index (χ4v) is 3.65. The van der Waals surface area contributed by atoms with Gasteiger partial charge in [0.05, 0.1) is 17.8 Å². The minimum Gasteiger partial charge on any atom is -0.480 e. The van der Waals surface area contributed by atoms with Crippen LogP contribution in [-0.2, 0) is 4.74 Å². The van der Waals surface area contributed by atoms with Crippen LogP contribution in [0.25, 0.3) is 5.65 Å². The Labute approximate surface area is 146 Å². The zero-order valence-electron chi connectivity index (χ0n) is 13.3. The number of amides is 1. The van der Waals surface area contributed by atoms with E-state index in [1.165, 1.54) is 0 Å². The predicted octanol–water partition coefficient (Wildman–Crippen LogP) is 3.35. The summed E-state index contributed by atoms with van der Waals surface area (Å²) in [5.41, 5.74) is 0.0318. The molecule has 1 aliphatic heterocycles.